The van der Waals surface area contributed by atoms with Crippen molar-refractivity contribution >= 4 is 31.8 Å². The van der Waals surface area contributed by atoms with Crippen LogP contribution in [0.15, 0.2) is 11.5 Å². The van der Waals surface area contributed by atoms with Crippen LogP contribution < -0.4 is 9.44 Å². The minimum Gasteiger partial charge on any atom is -0.235 e. The maximum atomic E-state index is 11.3. The minimum atomic E-state index is -3.60. The molecule has 12 heteroatoms. The molecule has 0 aliphatic heterocycles. The maximum Gasteiger partial charge on any atom is 0.210 e. The van der Waals surface area contributed by atoms with Crippen LogP contribution in [0.4, 0.5) is 0 Å². The Morgan fingerprint density at radius 3 is 2.00 bits per heavy atom. The van der Waals surface area contributed by atoms with Crippen LogP contribution in [-0.2, 0) is 25.6 Å². The number of hydrogen-bond donors (Lipinski definition) is 2. The molecular formula is C9H19N5O4S3. The van der Waals surface area contributed by atoms with Gasteiger partial charge in [-0.15, -0.1) is 0 Å². The van der Waals surface area contributed by atoms with Crippen LogP contribution >= 0.6 is 11.8 Å². The van der Waals surface area contributed by atoms with E-state index in [-0.39, 0.29) is 5.54 Å². The van der Waals surface area contributed by atoms with Gasteiger partial charge in [-0.1, -0.05) is 0 Å². The molecule has 1 heterocycles. The van der Waals surface area contributed by atoms with Crippen molar-refractivity contribution in [2.24, 2.45) is 0 Å². The van der Waals surface area contributed by atoms with E-state index in [9.17, 15) is 16.8 Å². The molecule has 2 N–H and O–H groups in total. The predicted octanol–water partition coefficient (Wildman–Crippen LogP) is -0.493. The molecule has 1 rings (SSSR count). The highest BCUT2D eigenvalue weighted by atomic mass is 32.2. The largest absolute Gasteiger partial charge is 0.235 e. The highest BCUT2D eigenvalue weighted by Crippen LogP contribution is 2.24. The van der Waals surface area contributed by atoms with Gasteiger partial charge in [-0.25, -0.2) is 26.5 Å². The molecule has 9 nitrogen and oxygen atoms in total. The van der Waals surface area contributed by atoms with Crippen molar-refractivity contribution < 1.29 is 16.8 Å². The summed E-state index contributed by atoms with van der Waals surface area (Å²) in [5.41, 5.74) is -1.49. The third-order valence-electron chi connectivity index (χ3n) is 2.02. The molecule has 0 aliphatic carbocycles. The number of rotatable bonds is 6. The molecule has 1 aromatic heterocycles. The van der Waals surface area contributed by atoms with E-state index in [1.54, 1.807) is 4.68 Å². The van der Waals surface area contributed by atoms with E-state index in [4.69, 9.17) is 0 Å². The lowest BCUT2D eigenvalue weighted by Gasteiger charge is -2.23. The second-order valence-corrected chi connectivity index (χ2v) is 10.0. The van der Waals surface area contributed by atoms with Gasteiger partial charge in [0.1, 0.15) is 11.8 Å². The van der Waals surface area contributed by atoms with E-state index in [0.29, 0.717) is 5.16 Å². The normalized spacial score (nSPS) is 13.8. The van der Waals surface area contributed by atoms with Gasteiger partial charge in [0.15, 0.2) is 5.16 Å². The van der Waals surface area contributed by atoms with Crippen LogP contribution in [0.3, 0.4) is 0 Å². The van der Waals surface area contributed by atoms with Gasteiger partial charge in [-0.3, -0.25) is 0 Å². The summed E-state index contributed by atoms with van der Waals surface area (Å²) < 4.78 is 51.3. The molecule has 21 heavy (non-hydrogen) atoms. The fourth-order valence-electron chi connectivity index (χ4n) is 1.34. The first kappa shape index (κ1) is 18.4. The van der Waals surface area contributed by atoms with Gasteiger partial charge in [0, 0.05) is 0 Å². The Bertz CT molecular complexity index is 655. The monoisotopic (exact) mass is 357 g/mol. The third-order valence-corrected chi connectivity index (χ3v) is 4.60. The molecule has 0 unspecified atom stereocenters. The van der Waals surface area contributed by atoms with E-state index in [2.05, 4.69) is 19.5 Å². The quantitative estimate of drug-likeness (QED) is 0.520. The number of nitrogens with one attached hydrogen (secondary N) is 2. The Morgan fingerprint density at radius 1 is 1.14 bits per heavy atom. The summed E-state index contributed by atoms with van der Waals surface area (Å²) in [6.07, 6.45) is 3.21. The molecule has 0 fully saturated rings. The SMILES string of the molecule is CC(C)(C)n1ncnc1SC(NS(C)(=O)=O)NS(C)(=O)=O. The van der Waals surface area contributed by atoms with Crippen molar-refractivity contribution in [2.45, 2.75) is 37.0 Å². The van der Waals surface area contributed by atoms with Crippen molar-refractivity contribution in [3.05, 3.63) is 6.33 Å². The lowest BCUT2D eigenvalue weighted by molar-refractivity contribution is 0.326. The van der Waals surface area contributed by atoms with Crippen LogP contribution in [0.5, 0.6) is 0 Å². The molecule has 0 saturated heterocycles. The first-order chi connectivity index (χ1) is 9.28. The molecule has 0 aromatic carbocycles. The third kappa shape index (κ3) is 6.74. The second-order valence-electron chi connectivity index (χ2n) is 5.40. The fraction of sp³-hybridized carbons (Fsp3) is 0.778. The molecule has 0 radical (unpaired) electrons. The first-order valence-electron chi connectivity index (χ1n) is 5.80. The van der Waals surface area contributed by atoms with E-state index >= 15 is 0 Å². The van der Waals surface area contributed by atoms with Gasteiger partial charge in [-0.2, -0.15) is 14.5 Å². The summed E-state index contributed by atoms with van der Waals surface area (Å²) >= 11 is 0.911. The molecule has 0 aliphatic rings. The highest BCUT2D eigenvalue weighted by molar-refractivity contribution is 8.01. The predicted molar refractivity (Wildman–Crippen MR) is 80.6 cm³/mol. The average Bonchev–Trinajstić information content (AvgIpc) is 2.58. The molecule has 0 atom stereocenters. The minimum absolute atomic E-state index is 0.375. The zero-order valence-electron chi connectivity index (χ0n) is 12.4. The average molecular weight is 357 g/mol. The topological polar surface area (TPSA) is 123 Å². The summed E-state index contributed by atoms with van der Waals surface area (Å²) in [6, 6.07) is 0. The zero-order chi connectivity index (χ0) is 16.5. The molecule has 1 aromatic rings. The van der Waals surface area contributed by atoms with Crippen molar-refractivity contribution in [3.8, 4) is 0 Å². The summed E-state index contributed by atoms with van der Waals surface area (Å²) in [7, 11) is -7.20. The zero-order valence-corrected chi connectivity index (χ0v) is 14.8. The van der Waals surface area contributed by atoms with Gasteiger partial charge < -0.3 is 0 Å². The molecule has 0 saturated carbocycles. The van der Waals surface area contributed by atoms with Crippen LogP contribution in [0, 0.1) is 0 Å². The number of hydrogen-bond acceptors (Lipinski definition) is 7. The number of nitrogens with zero attached hydrogens (tertiary/aromatic N) is 3. The van der Waals surface area contributed by atoms with Crippen molar-refractivity contribution in [2.75, 3.05) is 12.5 Å². The van der Waals surface area contributed by atoms with Crippen molar-refractivity contribution in [1.82, 2.24) is 24.2 Å². The van der Waals surface area contributed by atoms with Gasteiger partial charge in [-0.05, 0) is 32.5 Å². The van der Waals surface area contributed by atoms with E-state index in [1.165, 1.54) is 6.33 Å². The highest BCUT2D eigenvalue weighted by Gasteiger charge is 2.25. The van der Waals surface area contributed by atoms with E-state index < -0.39 is 25.5 Å². The van der Waals surface area contributed by atoms with E-state index in [0.717, 1.165) is 24.3 Å². The molecule has 0 amide bonds. The Balaban J connectivity index is 3.05. The molecular weight excluding hydrogens is 338 g/mol. The Morgan fingerprint density at radius 2 is 1.62 bits per heavy atom. The fourth-order valence-corrected chi connectivity index (χ4v) is 4.48. The van der Waals surface area contributed by atoms with Gasteiger partial charge >= 0.3 is 0 Å². The van der Waals surface area contributed by atoms with Crippen LogP contribution in [0.25, 0.3) is 0 Å². The second kappa shape index (κ2) is 6.20. The Kier molecular flexibility index (Phi) is 5.42. The van der Waals surface area contributed by atoms with Crippen LogP contribution in [0.1, 0.15) is 20.8 Å². The lowest BCUT2D eigenvalue weighted by atomic mass is 10.1. The number of sulfonamides is 2. The van der Waals surface area contributed by atoms with Crippen molar-refractivity contribution in [3.63, 3.8) is 0 Å². The summed E-state index contributed by atoms with van der Waals surface area (Å²) in [5, 5.41) is 4.45. The van der Waals surface area contributed by atoms with Gasteiger partial charge in [0.25, 0.3) is 0 Å². The summed E-state index contributed by atoms with van der Waals surface area (Å²) in [4.78, 5) is 4.03. The van der Waals surface area contributed by atoms with Crippen LogP contribution in [0.2, 0.25) is 0 Å². The Labute approximate surface area is 129 Å². The van der Waals surface area contributed by atoms with Crippen LogP contribution in [-0.4, -0.2) is 49.6 Å². The lowest BCUT2D eigenvalue weighted by Crippen LogP contribution is -2.45. The molecule has 0 spiro atoms. The molecule has 122 valence electrons. The summed E-state index contributed by atoms with van der Waals surface area (Å²) in [6.45, 7) is 5.69. The standard InChI is InChI=1S/C9H19N5O4S3/c1-9(2,3)14-8(10-6-11-14)19-7(12-20(4,15)16)13-21(5,17)18/h6-7,12-13H,1-5H3. The molecule has 0 bridgehead atoms. The maximum absolute atomic E-state index is 11.3. The van der Waals surface area contributed by atoms with Crippen molar-refractivity contribution in [1.29, 1.82) is 0 Å². The first-order valence-corrected chi connectivity index (χ1v) is 10.5. The smallest absolute Gasteiger partial charge is 0.210 e. The van der Waals surface area contributed by atoms with Gasteiger partial charge in [0.05, 0.1) is 18.1 Å². The Hall–Kier alpha value is -0.690. The summed E-state index contributed by atoms with van der Waals surface area (Å²) in [5.74, 6) is 0. The van der Waals surface area contributed by atoms with E-state index in [1.807, 2.05) is 20.8 Å². The number of aromatic nitrogens is 3. The van der Waals surface area contributed by atoms with Gasteiger partial charge in [0.2, 0.25) is 20.0 Å². The number of thioether (sulfide) groups is 1.